The predicted molar refractivity (Wildman–Crippen MR) is 88.0 cm³/mol. The summed E-state index contributed by atoms with van der Waals surface area (Å²) in [4.78, 5) is 17.2. The molecule has 2 aromatic rings. The Bertz CT molecular complexity index is 614. The highest BCUT2D eigenvalue weighted by Gasteiger charge is 2.21. The van der Waals surface area contributed by atoms with Crippen LogP contribution in [0.5, 0.6) is 0 Å². The van der Waals surface area contributed by atoms with E-state index in [4.69, 9.17) is 10.5 Å². The molecule has 112 valence electrons. The number of carbonyl (C=O) groups excluding carboxylic acids is 1. The largest absolute Gasteiger partial charge is 0.462 e. The smallest absolute Gasteiger partial charge is 0.350 e. The van der Waals surface area contributed by atoms with E-state index in [1.807, 2.05) is 18.4 Å². The minimum atomic E-state index is -0.368. The van der Waals surface area contributed by atoms with Crippen molar-refractivity contribution in [1.29, 1.82) is 0 Å². The fourth-order valence-electron chi connectivity index (χ4n) is 1.78. The monoisotopic (exact) mass is 323 g/mol. The van der Waals surface area contributed by atoms with Crippen LogP contribution in [0.2, 0.25) is 0 Å². The third kappa shape index (κ3) is 3.68. The molecule has 5 nitrogen and oxygen atoms in total. The van der Waals surface area contributed by atoms with Gasteiger partial charge in [-0.25, -0.2) is 4.79 Å². The van der Waals surface area contributed by atoms with E-state index in [9.17, 15) is 4.79 Å². The Balaban J connectivity index is 2.19. The number of nitrogens with one attached hydrogen (secondary N) is 1. The average Bonchev–Trinajstić information content (AvgIpc) is 2.82. The number of thiophene rings is 1. The fourth-order valence-corrected chi connectivity index (χ4v) is 3.70. The molecule has 0 saturated carbocycles. The number of nitrogens with two attached hydrogens (primary N) is 1. The number of rotatable bonds is 6. The van der Waals surface area contributed by atoms with Crippen LogP contribution >= 0.6 is 23.1 Å². The van der Waals surface area contributed by atoms with Gasteiger partial charge in [0, 0.05) is 18.9 Å². The van der Waals surface area contributed by atoms with Gasteiger partial charge in [0.2, 0.25) is 0 Å². The normalized spacial score (nSPS) is 10.4. The van der Waals surface area contributed by atoms with Crippen molar-refractivity contribution in [3.8, 4) is 0 Å². The number of ether oxygens (including phenoxy) is 1. The van der Waals surface area contributed by atoms with E-state index < -0.39 is 0 Å². The van der Waals surface area contributed by atoms with Gasteiger partial charge in [-0.1, -0.05) is 0 Å². The molecule has 0 radical (unpaired) electrons. The average molecular weight is 323 g/mol. The summed E-state index contributed by atoms with van der Waals surface area (Å²) in [6.45, 7) is 2.77. The minimum Gasteiger partial charge on any atom is -0.462 e. The third-order valence-corrected chi connectivity index (χ3v) is 4.87. The third-order valence-electron chi connectivity index (χ3n) is 2.77. The van der Waals surface area contributed by atoms with Crippen LogP contribution in [0.3, 0.4) is 0 Å². The zero-order chi connectivity index (χ0) is 15.2. The molecular formula is C14H17N3O2S2. The second-order valence-corrected chi connectivity index (χ2v) is 5.97. The van der Waals surface area contributed by atoms with Crippen LogP contribution in [-0.2, 0) is 11.3 Å². The second-order valence-electron chi connectivity index (χ2n) is 4.14. The minimum absolute atomic E-state index is 0.338. The van der Waals surface area contributed by atoms with E-state index in [1.54, 1.807) is 19.3 Å². The standard InChI is InChI=1S/C14H17N3O2S2/c1-3-19-14(18)12-10(15)11(20-2)13(21-12)17-8-9-4-6-16-7-5-9/h4-7,17H,3,8,15H2,1-2H3. The SMILES string of the molecule is CCOC(=O)c1sc(NCc2ccncc2)c(SC)c1N. The van der Waals surface area contributed by atoms with E-state index in [0.29, 0.717) is 23.7 Å². The number of hydrogen-bond donors (Lipinski definition) is 2. The summed E-state index contributed by atoms with van der Waals surface area (Å²) < 4.78 is 5.03. The molecule has 0 aliphatic carbocycles. The molecule has 0 aliphatic heterocycles. The quantitative estimate of drug-likeness (QED) is 0.628. The maximum Gasteiger partial charge on any atom is 0.350 e. The van der Waals surface area contributed by atoms with Crippen molar-refractivity contribution >= 4 is 39.8 Å². The van der Waals surface area contributed by atoms with Crippen LogP contribution in [-0.4, -0.2) is 23.8 Å². The summed E-state index contributed by atoms with van der Waals surface area (Å²) in [6.07, 6.45) is 5.43. The van der Waals surface area contributed by atoms with Crippen LogP contribution in [0, 0.1) is 0 Å². The van der Waals surface area contributed by atoms with Crippen LogP contribution in [0.15, 0.2) is 29.4 Å². The zero-order valence-electron chi connectivity index (χ0n) is 11.9. The molecule has 0 fully saturated rings. The molecule has 7 heteroatoms. The molecule has 0 saturated heterocycles. The topological polar surface area (TPSA) is 77.2 Å². The highest BCUT2D eigenvalue weighted by molar-refractivity contribution is 7.99. The molecule has 0 spiro atoms. The van der Waals surface area contributed by atoms with Gasteiger partial charge in [0.05, 0.1) is 17.2 Å². The molecule has 0 unspecified atom stereocenters. The van der Waals surface area contributed by atoms with Crippen molar-refractivity contribution in [3.05, 3.63) is 35.0 Å². The lowest BCUT2D eigenvalue weighted by Crippen LogP contribution is -2.04. The van der Waals surface area contributed by atoms with Crippen molar-refractivity contribution in [3.63, 3.8) is 0 Å². The summed E-state index contributed by atoms with van der Waals surface area (Å²) in [6, 6.07) is 3.88. The highest BCUT2D eigenvalue weighted by atomic mass is 32.2. The lowest BCUT2D eigenvalue weighted by molar-refractivity contribution is 0.0533. The second kappa shape index (κ2) is 7.33. The first-order chi connectivity index (χ1) is 10.2. The summed E-state index contributed by atoms with van der Waals surface area (Å²) in [5, 5.41) is 4.21. The summed E-state index contributed by atoms with van der Waals surface area (Å²) >= 11 is 2.85. The molecule has 0 atom stereocenters. The van der Waals surface area contributed by atoms with Gasteiger partial charge in [0.25, 0.3) is 0 Å². The number of carbonyl (C=O) groups is 1. The van der Waals surface area contributed by atoms with Crippen LogP contribution in [0.25, 0.3) is 0 Å². The van der Waals surface area contributed by atoms with Crippen molar-refractivity contribution < 1.29 is 9.53 Å². The number of pyridine rings is 1. The number of nitrogens with zero attached hydrogens (tertiary/aromatic N) is 1. The Morgan fingerprint density at radius 3 is 2.81 bits per heavy atom. The number of esters is 1. The highest BCUT2D eigenvalue weighted by Crippen LogP contribution is 2.42. The van der Waals surface area contributed by atoms with Gasteiger partial charge in [0.15, 0.2) is 0 Å². The molecule has 0 aromatic carbocycles. The van der Waals surface area contributed by atoms with Gasteiger partial charge in [-0.05, 0) is 30.9 Å². The lowest BCUT2D eigenvalue weighted by atomic mass is 10.3. The summed E-state index contributed by atoms with van der Waals surface area (Å²) in [7, 11) is 0. The van der Waals surface area contributed by atoms with Gasteiger partial charge >= 0.3 is 5.97 Å². The lowest BCUT2D eigenvalue weighted by Gasteiger charge is -2.06. The Morgan fingerprint density at radius 2 is 2.19 bits per heavy atom. The Morgan fingerprint density at radius 1 is 1.48 bits per heavy atom. The van der Waals surface area contributed by atoms with Gasteiger partial charge in [0.1, 0.15) is 9.88 Å². The number of nitrogen functional groups attached to an aromatic ring is 1. The van der Waals surface area contributed by atoms with Crippen molar-refractivity contribution in [1.82, 2.24) is 4.98 Å². The maximum atomic E-state index is 11.9. The van der Waals surface area contributed by atoms with Gasteiger partial charge in [-0.2, -0.15) is 0 Å². The van der Waals surface area contributed by atoms with E-state index in [2.05, 4.69) is 10.3 Å². The van der Waals surface area contributed by atoms with E-state index >= 15 is 0 Å². The predicted octanol–water partition coefficient (Wildman–Crippen LogP) is 3.24. The van der Waals surface area contributed by atoms with Gasteiger partial charge in [-0.15, -0.1) is 23.1 Å². The van der Waals surface area contributed by atoms with Gasteiger partial charge < -0.3 is 15.8 Å². The number of anilines is 2. The van der Waals surface area contributed by atoms with Crippen LogP contribution < -0.4 is 11.1 Å². The molecule has 2 heterocycles. The molecule has 0 amide bonds. The number of hydrogen-bond acceptors (Lipinski definition) is 7. The molecule has 2 aromatic heterocycles. The molecule has 3 N–H and O–H groups in total. The van der Waals surface area contributed by atoms with Crippen molar-refractivity contribution in [2.45, 2.75) is 18.4 Å². The molecule has 2 rings (SSSR count). The Labute approximate surface area is 131 Å². The first-order valence-corrected chi connectivity index (χ1v) is 8.47. The maximum absolute atomic E-state index is 11.9. The molecular weight excluding hydrogens is 306 g/mol. The first kappa shape index (κ1) is 15.7. The summed E-state index contributed by atoms with van der Waals surface area (Å²) in [5.74, 6) is -0.368. The summed E-state index contributed by atoms with van der Waals surface area (Å²) in [5.41, 5.74) is 7.66. The molecule has 0 bridgehead atoms. The fraction of sp³-hybridized carbons (Fsp3) is 0.286. The van der Waals surface area contributed by atoms with E-state index in [0.717, 1.165) is 15.5 Å². The Hall–Kier alpha value is -1.73. The van der Waals surface area contributed by atoms with E-state index in [-0.39, 0.29) is 5.97 Å². The molecule has 0 aliphatic rings. The van der Waals surface area contributed by atoms with Crippen molar-refractivity contribution in [2.24, 2.45) is 0 Å². The van der Waals surface area contributed by atoms with Crippen LogP contribution in [0.4, 0.5) is 10.7 Å². The van der Waals surface area contributed by atoms with E-state index in [1.165, 1.54) is 23.1 Å². The first-order valence-electron chi connectivity index (χ1n) is 6.43. The van der Waals surface area contributed by atoms with Crippen molar-refractivity contribution in [2.75, 3.05) is 23.9 Å². The number of thioether (sulfide) groups is 1. The number of aromatic nitrogens is 1. The Kier molecular flexibility index (Phi) is 5.46. The molecule has 21 heavy (non-hydrogen) atoms. The van der Waals surface area contributed by atoms with Gasteiger partial charge in [-0.3, -0.25) is 4.98 Å². The zero-order valence-corrected chi connectivity index (χ0v) is 13.5. The van der Waals surface area contributed by atoms with Crippen LogP contribution in [0.1, 0.15) is 22.2 Å².